The predicted octanol–water partition coefficient (Wildman–Crippen LogP) is 1.68. The van der Waals surface area contributed by atoms with Crippen LogP contribution in [0.5, 0.6) is 0 Å². The number of aromatic carboxylic acids is 1. The summed E-state index contributed by atoms with van der Waals surface area (Å²) in [7, 11) is -3.86. The van der Waals surface area contributed by atoms with Crippen molar-refractivity contribution < 1.29 is 23.1 Å². The molecule has 0 atom stereocenters. The number of amides is 1. The number of hydrogen-bond acceptors (Lipinski definition) is 4. The Hall–Kier alpha value is -1.60. The first kappa shape index (κ1) is 17.5. The van der Waals surface area contributed by atoms with Crippen LogP contribution < -0.4 is 0 Å². The summed E-state index contributed by atoms with van der Waals surface area (Å²) in [6.45, 7) is 4.35. The van der Waals surface area contributed by atoms with E-state index in [9.17, 15) is 18.0 Å². The van der Waals surface area contributed by atoms with Gasteiger partial charge in [-0.2, -0.15) is 0 Å². The quantitative estimate of drug-likeness (QED) is 0.855. The maximum absolute atomic E-state index is 12.2. The summed E-state index contributed by atoms with van der Waals surface area (Å²) >= 11 is 5.74. The van der Waals surface area contributed by atoms with E-state index in [1.807, 2.05) is 0 Å². The Kier molecular flexibility index (Phi) is 5.74. The van der Waals surface area contributed by atoms with Gasteiger partial charge in [0.2, 0.25) is 5.91 Å². The number of hydrogen-bond donors (Lipinski definition) is 1. The third kappa shape index (κ3) is 4.18. The van der Waals surface area contributed by atoms with Gasteiger partial charge < -0.3 is 10.0 Å². The molecule has 6 nitrogen and oxygen atoms in total. The van der Waals surface area contributed by atoms with E-state index in [1.165, 1.54) is 4.90 Å². The number of nitrogens with zero attached hydrogens (tertiary/aromatic N) is 1. The zero-order valence-corrected chi connectivity index (χ0v) is 13.2. The van der Waals surface area contributed by atoms with Gasteiger partial charge in [-0.05, 0) is 32.0 Å². The van der Waals surface area contributed by atoms with Crippen LogP contribution in [0, 0.1) is 0 Å². The molecule has 0 saturated heterocycles. The van der Waals surface area contributed by atoms with Crippen molar-refractivity contribution in [3.63, 3.8) is 0 Å². The van der Waals surface area contributed by atoms with Crippen molar-refractivity contribution >= 4 is 33.3 Å². The van der Waals surface area contributed by atoms with Crippen LogP contribution in [0.15, 0.2) is 23.1 Å². The fraction of sp³-hybridized carbons (Fsp3) is 0.385. The number of benzene rings is 1. The van der Waals surface area contributed by atoms with E-state index in [0.717, 1.165) is 18.2 Å². The molecule has 1 rings (SSSR count). The lowest BCUT2D eigenvalue weighted by Crippen LogP contribution is -2.35. The minimum Gasteiger partial charge on any atom is -0.478 e. The first-order chi connectivity index (χ1) is 9.72. The first-order valence-corrected chi connectivity index (χ1v) is 8.29. The highest BCUT2D eigenvalue weighted by molar-refractivity contribution is 7.92. The molecule has 0 unspecified atom stereocenters. The Morgan fingerprint density at radius 1 is 1.24 bits per heavy atom. The van der Waals surface area contributed by atoms with Gasteiger partial charge in [0.15, 0.2) is 9.84 Å². The molecule has 0 saturated carbocycles. The van der Waals surface area contributed by atoms with Crippen LogP contribution in [-0.4, -0.2) is 49.1 Å². The van der Waals surface area contributed by atoms with Crippen LogP contribution >= 0.6 is 11.6 Å². The second-order valence-corrected chi connectivity index (χ2v) is 6.67. The smallest absolute Gasteiger partial charge is 0.337 e. The molecule has 0 spiro atoms. The molecule has 1 aromatic rings. The second kappa shape index (κ2) is 6.91. The standard InChI is InChI=1S/C13H16ClNO5S/c1-3-15(4-2)12(16)8-21(19,20)9-5-6-10(13(17)18)11(14)7-9/h5-7H,3-4,8H2,1-2H3,(H,17,18). The van der Waals surface area contributed by atoms with Gasteiger partial charge in [-0.3, -0.25) is 4.79 Å². The molecule has 1 aromatic carbocycles. The summed E-state index contributed by atoms with van der Waals surface area (Å²) in [5, 5.41) is 8.67. The van der Waals surface area contributed by atoms with Gasteiger partial charge >= 0.3 is 5.97 Å². The summed E-state index contributed by atoms with van der Waals surface area (Å²) in [5.41, 5.74) is -0.189. The van der Waals surface area contributed by atoms with Gasteiger partial charge in [-0.15, -0.1) is 0 Å². The monoisotopic (exact) mass is 333 g/mol. The molecular formula is C13H16ClNO5S. The summed E-state index contributed by atoms with van der Waals surface area (Å²) in [4.78, 5) is 23.9. The fourth-order valence-corrected chi connectivity index (χ4v) is 3.35. The van der Waals surface area contributed by atoms with Gasteiger partial charge in [0.1, 0.15) is 5.75 Å². The van der Waals surface area contributed by atoms with E-state index < -0.39 is 27.5 Å². The first-order valence-electron chi connectivity index (χ1n) is 6.26. The van der Waals surface area contributed by atoms with Gasteiger partial charge in [-0.1, -0.05) is 11.6 Å². The zero-order chi connectivity index (χ0) is 16.2. The van der Waals surface area contributed by atoms with Crippen molar-refractivity contribution in [2.24, 2.45) is 0 Å². The topological polar surface area (TPSA) is 91.8 Å². The zero-order valence-electron chi connectivity index (χ0n) is 11.7. The molecule has 0 aliphatic rings. The molecule has 0 aliphatic heterocycles. The number of rotatable bonds is 6. The average Bonchev–Trinajstić information content (AvgIpc) is 2.38. The molecule has 8 heteroatoms. The minimum atomic E-state index is -3.86. The molecule has 1 amide bonds. The number of carbonyl (C=O) groups excluding carboxylic acids is 1. The van der Waals surface area contributed by atoms with Gasteiger partial charge in [0.05, 0.1) is 15.5 Å². The maximum Gasteiger partial charge on any atom is 0.337 e. The highest BCUT2D eigenvalue weighted by atomic mass is 35.5. The minimum absolute atomic E-state index is 0.169. The molecule has 0 fully saturated rings. The largest absolute Gasteiger partial charge is 0.478 e. The fourth-order valence-electron chi connectivity index (χ4n) is 1.78. The maximum atomic E-state index is 12.2. The van der Waals surface area contributed by atoms with E-state index in [-0.39, 0.29) is 15.5 Å². The van der Waals surface area contributed by atoms with Crippen molar-refractivity contribution in [3.8, 4) is 0 Å². The Morgan fingerprint density at radius 2 is 1.81 bits per heavy atom. The molecular weight excluding hydrogens is 318 g/mol. The van der Waals surface area contributed by atoms with Crippen molar-refractivity contribution in [2.45, 2.75) is 18.7 Å². The van der Waals surface area contributed by atoms with Crippen molar-refractivity contribution in [1.29, 1.82) is 0 Å². The molecule has 0 aromatic heterocycles. The number of carboxylic acids is 1. The van der Waals surface area contributed by atoms with E-state index in [2.05, 4.69) is 0 Å². The number of carboxylic acid groups (broad SMARTS) is 1. The van der Waals surface area contributed by atoms with Crippen molar-refractivity contribution in [3.05, 3.63) is 28.8 Å². The highest BCUT2D eigenvalue weighted by Crippen LogP contribution is 2.22. The van der Waals surface area contributed by atoms with Crippen LogP contribution in [-0.2, 0) is 14.6 Å². The number of sulfone groups is 1. The van der Waals surface area contributed by atoms with E-state index in [4.69, 9.17) is 16.7 Å². The average molecular weight is 334 g/mol. The third-order valence-corrected chi connectivity index (χ3v) is 4.87. The summed E-state index contributed by atoms with van der Waals surface area (Å²) in [6.07, 6.45) is 0. The lowest BCUT2D eigenvalue weighted by Gasteiger charge is -2.18. The lowest BCUT2D eigenvalue weighted by molar-refractivity contribution is -0.128. The SMILES string of the molecule is CCN(CC)C(=O)CS(=O)(=O)c1ccc(C(=O)O)c(Cl)c1. The summed E-state index contributed by atoms with van der Waals surface area (Å²) in [5.74, 6) is -2.42. The van der Waals surface area contributed by atoms with Crippen molar-refractivity contribution in [1.82, 2.24) is 4.90 Å². The Bertz CT molecular complexity index is 653. The van der Waals surface area contributed by atoms with E-state index >= 15 is 0 Å². The van der Waals surface area contributed by atoms with Gasteiger partial charge in [0, 0.05) is 13.1 Å². The summed E-state index contributed by atoms with van der Waals surface area (Å²) in [6, 6.07) is 3.30. The van der Waals surface area contributed by atoms with E-state index in [0.29, 0.717) is 13.1 Å². The van der Waals surface area contributed by atoms with Crippen LogP contribution in [0.3, 0.4) is 0 Å². The molecule has 0 aliphatic carbocycles. The van der Waals surface area contributed by atoms with Crippen LogP contribution in [0.1, 0.15) is 24.2 Å². The normalized spacial score (nSPS) is 11.2. The second-order valence-electron chi connectivity index (χ2n) is 4.27. The molecule has 1 N–H and O–H groups in total. The van der Waals surface area contributed by atoms with Crippen LogP contribution in [0.25, 0.3) is 0 Å². The van der Waals surface area contributed by atoms with Crippen LogP contribution in [0.2, 0.25) is 5.02 Å². The Balaban J connectivity index is 3.06. The molecule has 0 bridgehead atoms. The van der Waals surface area contributed by atoms with Gasteiger partial charge in [-0.25, -0.2) is 13.2 Å². The molecule has 0 radical (unpaired) electrons. The number of halogens is 1. The highest BCUT2D eigenvalue weighted by Gasteiger charge is 2.23. The van der Waals surface area contributed by atoms with E-state index in [1.54, 1.807) is 13.8 Å². The van der Waals surface area contributed by atoms with Crippen LogP contribution in [0.4, 0.5) is 0 Å². The lowest BCUT2D eigenvalue weighted by atomic mass is 10.2. The van der Waals surface area contributed by atoms with Gasteiger partial charge in [0.25, 0.3) is 0 Å². The molecule has 116 valence electrons. The number of carbonyl (C=O) groups is 2. The predicted molar refractivity (Wildman–Crippen MR) is 78.4 cm³/mol. The van der Waals surface area contributed by atoms with Crippen molar-refractivity contribution in [2.75, 3.05) is 18.8 Å². The Labute approximate surface area is 128 Å². The molecule has 21 heavy (non-hydrogen) atoms. The third-order valence-electron chi connectivity index (χ3n) is 2.96. The summed E-state index contributed by atoms with van der Waals surface area (Å²) < 4.78 is 24.3. The molecule has 0 heterocycles. The Morgan fingerprint density at radius 3 is 2.24 bits per heavy atom.